The van der Waals surface area contributed by atoms with Crippen LogP contribution in [0.4, 0.5) is 0 Å². The zero-order chi connectivity index (χ0) is 32.2. The maximum absolute atomic E-state index is 2.56. The van der Waals surface area contributed by atoms with Crippen LogP contribution >= 0.6 is 0 Å². The number of benzene rings is 8. The van der Waals surface area contributed by atoms with Crippen LogP contribution in [0.2, 0.25) is 0 Å². The van der Waals surface area contributed by atoms with E-state index in [9.17, 15) is 0 Å². The fourth-order valence-electron chi connectivity index (χ4n) is 9.84. The van der Waals surface area contributed by atoms with Gasteiger partial charge in [0.2, 0.25) is 0 Å². The van der Waals surface area contributed by atoms with E-state index in [4.69, 9.17) is 0 Å². The molecule has 4 aromatic heterocycles. The molecule has 0 saturated carbocycles. The van der Waals surface area contributed by atoms with Gasteiger partial charge >= 0.3 is 0 Å². The third kappa shape index (κ3) is 2.83. The summed E-state index contributed by atoms with van der Waals surface area (Å²) in [4.78, 5) is 0. The molecule has 0 spiro atoms. The van der Waals surface area contributed by atoms with E-state index in [2.05, 4.69) is 167 Å². The van der Waals surface area contributed by atoms with E-state index in [0.29, 0.717) is 0 Å². The van der Waals surface area contributed by atoms with E-state index in [1.54, 1.807) is 0 Å². The summed E-state index contributed by atoms with van der Waals surface area (Å²) in [6, 6.07) is 59.1. The highest BCUT2D eigenvalue weighted by Gasteiger charge is 2.27. The number of fused-ring (bicyclic) bond motifs is 21. The molecule has 8 aromatic carbocycles. The van der Waals surface area contributed by atoms with Gasteiger partial charge in [0.15, 0.2) is 0 Å². The molecule has 1 aliphatic carbocycles. The minimum atomic E-state index is 1.25. The van der Waals surface area contributed by atoms with Gasteiger partial charge in [-0.25, -0.2) is 0 Å². The average Bonchev–Trinajstić information content (AvgIpc) is 3.90. The second-order valence-electron chi connectivity index (χ2n) is 14.0. The van der Waals surface area contributed by atoms with Crippen LogP contribution in [-0.2, 0) is 0 Å². The first kappa shape index (κ1) is 25.4. The SMILES string of the molecule is c1ccc2c(c1)-c1ccccc1-c1ccc3c(c1-c1ccccc1-2)c1cccc2c4cc5c6cccc7c8ccccc8n(c5cc4n3c21)c76. The van der Waals surface area contributed by atoms with E-state index >= 15 is 0 Å². The van der Waals surface area contributed by atoms with Crippen molar-refractivity contribution in [2.24, 2.45) is 0 Å². The van der Waals surface area contributed by atoms with Crippen molar-refractivity contribution in [3.63, 3.8) is 0 Å². The highest BCUT2D eigenvalue weighted by atomic mass is 14.9. The molecular formula is C48H26N2. The van der Waals surface area contributed by atoms with E-state index < -0.39 is 0 Å². The van der Waals surface area contributed by atoms with Crippen LogP contribution in [0, 0.1) is 0 Å². The van der Waals surface area contributed by atoms with Crippen molar-refractivity contribution in [1.29, 1.82) is 0 Å². The number of hydrogen-bond donors (Lipinski definition) is 0. The molecule has 0 aliphatic heterocycles. The van der Waals surface area contributed by atoms with Gasteiger partial charge in [-0.3, -0.25) is 0 Å². The zero-order valence-electron chi connectivity index (χ0n) is 26.9. The number of rotatable bonds is 0. The Balaban J connectivity index is 1.24. The summed E-state index contributed by atoms with van der Waals surface area (Å²) in [6.07, 6.45) is 0. The fourth-order valence-corrected chi connectivity index (χ4v) is 9.84. The molecule has 13 rings (SSSR count). The molecule has 1 aliphatic rings. The largest absolute Gasteiger partial charge is 0.308 e. The Morgan fingerprint density at radius 2 is 0.720 bits per heavy atom. The van der Waals surface area contributed by atoms with Crippen molar-refractivity contribution in [2.75, 3.05) is 0 Å². The molecule has 2 heteroatoms. The first-order valence-corrected chi connectivity index (χ1v) is 17.5. The van der Waals surface area contributed by atoms with Gasteiger partial charge in [0.1, 0.15) is 0 Å². The lowest BCUT2D eigenvalue weighted by Crippen LogP contribution is -1.97. The molecule has 0 bridgehead atoms. The third-order valence-electron chi connectivity index (χ3n) is 11.7. The van der Waals surface area contributed by atoms with Crippen molar-refractivity contribution in [2.45, 2.75) is 0 Å². The van der Waals surface area contributed by atoms with Crippen molar-refractivity contribution in [1.82, 2.24) is 8.80 Å². The highest BCUT2D eigenvalue weighted by molar-refractivity contribution is 6.31. The first-order chi connectivity index (χ1) is 24.8. The van der Waals surface area contributed by atoms with Crippen molar-refractivity contribution < 1.29 is 0 Å². The summed E-state index contributed by atoms with van der Waals surface area (Å²) < 4.78 is 5.06. The van der Waals surface area contributed by atoms with Crippen molar-refractivity contribution in [3.8, 4) is 44.5 Å². The molecule has 0 unspecified atom stereocenters. The van der Waals surface area contributed by atoms with Crippen LogP contribution in [0.3, 0.4) is 0 Å². The Morgan fingerprint density at radius 1 is 0.260 bits per heavy atom. The van der Waals surface area contributed by atoms with Crippen LogP contribution in [0.25, 0.3) is 121 Å². The monoisotopic (exact) mass is 630 g/mol. The summed E-state index contributed by atoms with van der Waals surface area (Å²) in [5.74, 6) is 0. The minimum Gasteiger partial charge on any atom is -0.308 e. The van der Waals surface area contributed by atoms with E-state index in [1.807, 2.05) is 0 Å². The smallest absolute Gasteiger partial charge is 0.0620 e. The van der Waals surface area contributed by atoms with E-state index in [-0.39, 0.29) is 0 Å². The highest BCUT2D eigenvalue weighted by Crippen LogP contribution is 2.53. The lowest BCUT2D eigenvalue weighted by atomic mass is 9.79. The molecule has 0 atom stereocenters. The summed E-state index contributed by atoms with van der Waals surface area (Å²) in [5, 5.41) is 10.5. The summed E-state index contributed by atoms with van der Waals surface area (Å²) in [7, 11) is 0. The van der Waals surface area contributed by atoms with Gasteiger partial charge in [-0.15, -0.1) is 0 Å². The molecule has 2 nitrogen and oxygen atoms in total. The Hall–Kier alpha value is -6.64. The molecule has 228 valence electrons. The third-order valence-corrected chi connectivity index (χ3v) is 11.7. The molecule has 4 heterocycles. The van der Waals surface area contributed by atoms with Gasteiger partial charge in [-0.2, -0.15) is 0 Å². The van der Waals surface area contributed by atoms with Gasteiger partial charge in [-0.05, 0) is 63.2 Å². The predicted octanol–water partition coefficient (Wildman–Crippen LogP) is 13.0. The van der Waals surface area contributed by atoms with Crippen LogP contribution in [-0.4, -0.2) is 8.80 Å². The number of aromatic nitrogens is 2. The van der Waals surface area contributed by atoms with E-state index in [0.717, 1.165) is 0 Å². The minimum absolute atomic E-state index is 1.25. The fraction of sp³-hybridized carbons (Fsp3) is 0. The lowest BCUT2D eigenvalue weighted by molar-refractivity contribution is 1.35. The molecule has 0 saturated heterocycles. The van der Waals surface area contributed by atoms with Gasteiger partial charge in [0.05, 0.1) is 33.1 Å². The lowest BCUT2D eigenvalue weighted by Gasteiger charge is -2.23. The van der Waals surface area contributed by atoms with Crippen LogP contribution < -0.4 is 0 Å². The maximum atomic E-state index is 2.56. The Morgan fingerprint density at radius 3 is 1.38 bits per heavy atom. The van der Waals surface area contributed by atoms with Gasteiger partial charge in [0, 0.05) is 48.7 Å². The van der Waals surface area contributed by atoms with Crippen LogP contribution in [0.5, 0.6) is 0 Å². The summed E-state index contributed by atoms with van der Waals surface area (Å²) >= 11 is 0. The standard InChI is InChI=1S/C48H26N2/c1-2-12-28-27(11-1)29-13-3-4-15-31(29)34-23-24-42-46(45(34)33-17-6-5-14-30(28)33)38-21-10-20-37-40-25-39-36-19-9-18-35-32-16-7-8-22-41(32)49(47(35)36)43(39)26-44(40)50(42)48(37)38/h1-26H. The second-order valence-corrected chi connectivity index (χ2v) is 14.0. The quantitative estimate of drug-likeness (QED) is 0.158. The zero-order valence-corrected chi connectivity index (χ0v) is 26.9. The van der Waals surface area contributed by atoms with Crippen LogP contribution in [0.1, 0.15) is 0 Å². The number of nitrogens with zero attached hydrogens (tertiary/aromatic N) is 2. The van der Waals surface area contributed by atoms with Gasteiger partial charge < -0.3 is 8.80 Å². The van der Waals surface area contributed by atoms with Gasteiger partial charge in [-0.1, -0.05) is 133 Å². The molecule has 0 radical (unpaired) electrons. The predicted molar refractivity (Wildman–Crippen MR) is 211 cm³/mol. The molecule has 12 aromatic rings. The van der Waals surface area contributed by atoms with Crippen molar-refractivity contribution >= 4 is 76.2 Å². The summed E-state index contributed by atoms with van der Waals surface area (Å²) in [5.41, 5.74) is 17.9. The molecule has 0 N–H and O–H groups in total. The Kier molecular flexibility index (Phi) is 4.41. The molecule has 0 fully saturated rings. The van der Waals surface area contributed by atoms with Crippen LogP contribution in [0.15, 0.2) is 158 Å². The molecular weight excluding hydrogens is 605 g/mol. The first-order valence-electron chi connectivity index (χ1n) is 17.5. The van der Waals surface area contributed by atoms with Crippen molar-refractivity contribution in [3.05, 3.63) is 158 Å². The topological polar surface area (TPSA) is 8.82 Å². The number of hydrogen-bond acceptors (Lipinski definition) is 0. The normalized spacial score (nSPS) is 12.8. The molecule has 50 heavy (non-hydrogen) atoms. The van der Waals surface area contributed by atoms with E-state index in [1.165, 1.54) is 121 Å². The Bertz CT molecular complexity index is 3420. The summed E-state index contributed by atoms with van der Waals surface area (Å²) in [6.45, 7) is 0. The average molecular weight is 631 g/mol. The van der Waals surface area contributed by atoms with Gasteiger partial charge in [0.25, 0.3) is 0 Å². The second kappa shape index (κ2) is 8.68. The Labute approximate surface area is 286 Å². The maximum Gasteiger partial charge on any atom is 0.0620 e. The molecule has 0 amide bonds. The number of para-hydroxylation sites is 3.